The third kappa shape index (κ3) is 3.49. The third-order valence-corrected chi connectivity index (χ3v) is 4.31. The Balaban J connectivity index is 1.77. The van der Waals surface area contributed by atoms with Crippen molar-refractivity contribution in [2.45, 2.75) is 6.04 Å². The Bertz CT molecular complexity index is 915. The fourth-order valence-electron chi connectivity index (χ4n) is 2.78. The minimum Gasteiger partial charge on any atom is -0.438 e. The van der Waals surface area contributed by atoms with Crippen LogP contribution in [0.15, 0.2) is 96.0 Å². The van der Waals surface area contributed by atoms with Crippen LogP contribution in [0.25, 0.3) is 5.76 Å². The molecule has 0 aromatic heterocycles. The summed E-state index contributed by atoms with van der Waals surface area (Å²) in [5, 5.41) is 0.693. The zero-order valence-electron chi connectivity index (χ0n) is 13.5. The van der Waals surface area contributed by atoms with Crippen LogP contribution >= 0.6 is 11.6 Å². The van der Waals surface area contributed by atoms with Gasteiger partial charge in [-0.1, -0.05) is 72.3 Å². The lowest BCUT2D eigenvalue weighted by molar-refractivity contribution is 0.486. The maximum atomic E-state index is 6.12. The number of ether oxygens (including phenoxy) is 1. The number of hydrogen-bond acceptors (Lipinski definition) is 2. The van der Waals surface area contributed by atoms with Crippen molar-refractivity contribution in [1.82, 2.24) is 0 Å². The molecule has 0 fully saturated rings. The van der Waals surface area contributed by atoms with E-state index in [1.165, 1.54) is 0 Å². The summed E-state index contributed by atoms with van der Waals surface area (Å²) in [4.78, 5) is 4.80. The third-order valence-electron chi connectivity index (χ3n) is 4.06. The topological polar surface area (TPSA) is 21.6 Å². The lowest BCUT2D eigenvalue weighted by Gasteiger charge is -2.22. The molecule has 0 radical (unpaired) electrons. The molecule has 25 heavy (non-hydrogen) atoms. The van der Waals surface area contributed by atoms with Crippen molar-refractivity contribution in [2.75, 3.05) is 0 Å². The molecule has 0 spiro atoms. The quantitative estimate of drug-likeness (QED) is 0.579. The molecule has 4 rings (SSSR count). The normalized spacial score (nSPS) is 16.6. The average Bonchev–Trinajstić information content (AvgIpc) is 2.69. The van der Waals surface area contributed by atoms with Crippen LogP contribution in [0.4, 0.5) is 0 Å². The molecule has 3 aromatic carbocycles. The zero-order chi connectivity index (χ0) is 17.1. The molecular weight excluding hydrogens is 330 g/mol. The van der Waals surface area contributed by atoms with Gasteiger partial charge in [0.25, 0.3) is 0 Å². The van der Waals surface area contributed by atoms with Crippen molar-refractivity contribution in [3.63, 3.8) is 0 Å². The van der Waals surface area contributed by atoms with Crippen LogP contribution in [0.1, 0.15) is 22.7 Å². The van der Waals surface area contributed by atoms with E-state index < -0.39 is 0 Å². The molecule has 0 bridgehead atoms. The zero-order valence-corrected chi connectivity index (χ0v) is 14.2. The van der Waals surface area contributed by atoms with Crippen molar-refractivity contribution in [3.8, 4) is 0 Å². The minimum absolute atomic E-state index is 0.0872. The van der Waals surface area contributed by atoms with E-state index in [4.69, 9.17) is 21.3 Å². The Kier molecular flexibility index (Phi) is 4.36. The highest BCUT2D eigenvalue weighted by Crippen LogP contribution is 2.31. The Morgan fingerprint density at radius 1 is 0.720 bits per heavy atom. The Morgan fingerprint density at radius 2 is 1.36 bits per heavy atom. The van der Waals surface area contributed by atoms with Crippen molar-refractivity contribution >= 4 is 23.3 Å². The van der Waals surface area contributed by atoms with Gasteiger partial charge in [0.2, 0.25) is 5.90 Å². The van der Waals surface area contributed by atoms with Crippen LogP contribution in [0, 0.1) is 0 Å². The van der Waals surface area contributed by atoms with Crippen LogP contribution in [0.2, 0.25) is 5.02 Å². The number of rotatable bonds is 3. The molecule has 2 nitrogen and oxygen atoms in total. The fraction of sp³-hybridized carbons (Fsp3) is 0.0455. The van der Waals surface area contributed by atoms with Crippen LogP contribution < -0.4 is 0 Å². The molecule has 1 atom stereocenters. The Hall–Kier alpha value is -2.84. The summed E-state index contributed by atoms with van der Waals surface area (Å²) < 4.78 is 6.12. The second-order valence-electron chi connectivity index (χ2n) is 5.80. The fourth-order valence-corrected chi connectivity index (χ4v) is 2.90. The monoisotopic (exact) mass is 345 g/mol. The summed E-state index contributed by atoms with van der Waals surface area (Å²) in [6.45, 7) is 0. The largest absolute Gasteiger partial charge is 0.438 e. The second-order valence-corrected chi connectivity index (χ2v) is 6.23. The molecule has 0 saturated heterocycles. The maximum absolute atomic E-state index is 6.12. The SMILES string of the molecule is Clc1ccc(C2=N[C@H](c3ccccc3)C=C(c3ccccc3)O2)cc1. The molecule has 0 N–H and O–H groups in total. The van der Waals surface area contributed by atoms with Gasteiger partial charge in [-0.3, -0.25) is 0 Å². The summed E-state index contributed by atoms with van der Waals surface area (Å²) >= 11 is 6.01. The summed E-state index contributed by atoms with van der Waals surface area (Å²) in [7, 11) is 0. The first-order chi connectivity index (χ1) is 12.3. The van der Waals surface area contributed by atoms with E-state index in [2.05, 4.69) is 18.2 Å². The molecular formula is C22H16ClNO. The lowest BCUT2D eigenvalue weighted by atomic mass is 10.0. The van der Waals surface area contributed by atoms with Gasteiger partial charge in [-0.05, 0) is 35.9 Å². The first-order valence-corrected chi connectivity index (χ1v) is 8.51. The molecule has 0 amide bonds. The summed E-state index contributed by atoms with van der Waals surface area (Å²) in [6, 6.07) is 27.8. The van der Waals surface area contributed by atoms with E-state index in [-0.39, 0.29) is 6.04 Å². The van der Waals surface area contributed by atoms with Gasteiger partial charge in [-0.25, -0.2) is 4.99 Å². The van der Waals surface area contributed by atoms with E-state index in [9.17, 15) is 0 Å². The molecule has 3 aromatic rings. The highest BCUT2D eigenvalue weighted by molar-refractivity contribution is 6.30. The molecule has 122 valence electrons. The number of halogens is 1. The van der Waals surface area contributed by atoms with Gasteiger partial charge >= 0.3 is 0 Å². The van der Waals surface area contributed by atoms with E-state index in [0.717, 1.165) is 22.4 Å². The predicted octanol–water partition coefficient (Wildman–Crippen LogP) is 5.90. The van der Waals surface area contributed by atoms with Gasteiger partial charge in [-0.15, -0.1) is 0 Å². The van der Waals surface area contributed by atoms with Gasteiger partial charge in [0.15, 0.2) is 0 Å². The molecule has 3 heteroatoms. The lowest BCUT2D eigenvalue weighted by Crippen LogP contribution is -2.13. The molecule has 0 unspecified atom stereocenters. The van der Waals surface area contributed by atoms with Crippen molar-refractivity contribution < 1.29 is 4.74 Å². The molecule has 1 aliphatic rings. The van der Waals surface area contributed by atoms with Crippen molar-refractivity contribution in [3.05, 3.63) is 113 Å². The van der Waals surface area contributed by atoms with Gasteiger partial charge in [-0.2, -0.15) is 0 Å². The molecule has 0 aliphatic carbocycles. The van der Waals surface area contributed by atoms with Gasteiger partial charge in [0.05, 0.1) is 0 Å². The maximum Gasteiger partial charge on any atom is 0.222 e. The van der Waals surface area contributed by atoms with Gasteiger partial charge in [0.1, 0.15) is 11.8 Å². The van der Waals surface area contributed by atoms with E-state index in [0.29, 0.717) is 10.9 Å². The van der Waals surface area contributed by atoms with Crippen LogP contribution in [0.5, 0.6) is 0 Å². The average molecular weight is 346 g/mol. The van der Waals surface area contributed by atoms with Crippen molar-refractivity contribution in [1.29, 1.82) is 0 Å². The van der Waals surface area contributed by atoms with Crippen LogP contribution in [-0.4, -0.2) is 5.90 Å². The van der Waals surface area contributed by atoms with Crippen LogP contribution in [0.3, 0.4) is 0 Å². The molecule has 0 saturated carbocycles. The summed E-state index contributed by atoms with van der Waals surface area (Å²) in [5.74, 6) is 1.42. The Labute approximate surface area is 152 Å². The molecule has 1 aliphatic heterocycles. The highest BCUT2D eigenvalue weighted by atomic mass is 35.5. The second kappa shape index (κ2) is 6.96. The summed E-state index contributed by atoms with van der Waals surface area (Å²) in [6.07, 6.45) is 2.06. The van der Waals surface area contributed by atoms with Crippen LogP contribution in [-0.2, 0) is 4.74 Å². The number of benzene rings is 3. The minimum atomic E-state index is -0.0872. The smallest absolute Gasteiger partial charge is 0.222 e. The number of nitrogens with zero attached hydrogens (tertiary/aromatic N) is 1. The molecule has 1 heterocycles. The number of aliphatic imine (C=N–C) groups is 1. The predicted molar refractivity (Wildman–Crippen MR) is 103 cm³/mol. The van der Waals surface area contributed by atoms with E-state index >= 15 is 0 Å². The Morgan fingerprint density at radius 3 is 2.04 bits per heavy atom. The van der Waals surface area contributed by atoms with E-state index in [1.807, 2.05) is 72.8 Å². The van der Waals surface area contributed by atoms with E-state index in [1.54, 1.807) is 0 Å². The highest BCUT2D eigenvalue weighted by Gasteiger charge is 2.21. The van der Waals surface area contributed by atoms with Gasteiger partial charge < -0.3 is 4.74 Å². The van der Waals surface area contributed by atoms with Gasteiger partial charge in [0, 0.05) is 16.1 Å². The van der Waals surface area contributed by atoms with Crippen molar-refractivity contribution in [2.24, 2.45) is 4.99 Å². The number of hydrogen-bond donors (Lipinski definition) is 0. The summed E-state index contributed by atoms with van der Waals surface area (Å²) in [5.41, 5.74) is 3.07. The first-order valence-electron chi connectivity index (χ1n) is 8.13. The first kappa shape index (κ1) is 15.7. The standard InChI is InChI=1S/C22H16ClNO/c23-19-13-11-18(12-14-19)22-24-20(16-7-3-1-4-8-16)15-21(25-22)17-9-5-2-6-10-17/h1-15,20H/t20-/m0/s1.